The van der Waals surface area contributed by atoms with Crippen molar-refractivity contribution in [3.05, 3.63) is 35.5 Å². The van der Waals surface area contributed by atoms with Crippen molar-refractivity contribution in [3.8, 4) is 6.07 Å². The summed E-state index contributed by atoms with van der Waals surface area (Å²) in [4.78, 5) is 0. The van der Waals surface area contributed by atoms with Gasteiger partial charge in [-0.25, -0.2) is 0 Å². The lowest BCUT2D eigenvalue weighted by atomic mass is 10.2. The molecule has 1 aromatic carbocycles. The molecule has 0 radical (unpaired) electrons. The number of ether oxygens (including phenoxy) is 2. The van der Waals surface area contributed by atoms with Gasteiger partial charge in [-0.05, 0) is 50.2 Å². The molecule has 2 aromatic rings. The second kappa shape index (κ2) is 8.57. The molecule has 0 aliphatic carbocycles. The van der Waals surface area contributed by atoms with E-state index in [4.69, 9.17) is 13.9 Å². The molecule has 0 aliphatic heterocycles. The number of benzene rings is 1. The minimum absolute atomic E-state index is 0.136. The summed E-state index contributed by atoms with van der Waals surface area (Å²) < 4.78 is 20.2. The standard InChI is InChI=1S/C21H32N2O3Si/c1-8-24-20(25-9-2)23-18(15-26-27(6,7)21(3,4)5)13-17-11-10-16(14-22)12-19(17)23/h10-13,20H,8-9,15H2,1-7H3. The Kier molecular flexibility index (Phi) is 6.87. The Morgan fingerprint density at radius 3 is 2.26 bits per heavy atom. The maximum absolute atomic E-state index is 9.30. The molecule has 27 heavy (non-hydrogen) atoms. The van der Waals surface area contributed by atoms with Gasteiger partial charge in [-0.15, -0.1) is 0 Å². The number of hydrogen-bond acceptors (Lipinski definition) is 4. The molecule has 0 bridgehead atoms. The van der Waals surface area contributed by atoms with E-state index in [1.54, 1.807) is 0 Å². The highest BCUT2D eigenvalue weighted by atomic mass is 28.4. The summed E-state index contributed by atoms with van der Waals surface area (Å²) in [5.41, 5.74) is 2.54. The van der Waals surface area contributed by atoms with Gasteiger partial charge in [-0.1, -0.05) is 26.8 Å². The van der Waals surface area contributed by atoms with Gasteiger partial charge in [-0.3, -0.25) is 4.57 Å². The van der Waals surface area contributed by atoms with Crippen molar-refractivity contribution in [1.29, 1.82) is 5.26 Å². The van der Waals surface area contributed by atoms with E-state index in [1.807, 2.05) is 36.6 Å². The molecule has 0 unspecified atom stereocenters. The van der Waals surface area contributed by atoms with Crippen LogP contribution in [-0.2, 0) is 20.5 Å². The largest absolute Gasteiger partial charge is 0.411 e. The van der Waals surface area contributed by atoms with Crippen molar-refractivity contribution in [2.24, 2.45) is 0 Å². The molecule has 0 fully saturated rings. The van der Waals surface area contributed by atoms with Crippen LogP contribution in [-0.4, -0.2) is 26.1 Å². The lowest BCUT2D eigenvalue weighted by molar-refractivity contribution is -0.185. The van der Waals surface area contributed by atoms with Crippen molar-refractivity contribution in [1.82, 2.24) is 4.57 Å². The van der Waals surface area contributed by atoms with Gasteiger partial charge < -0.3 is 13.9 Å². The molecule has 1 aromatic heterocycles. The monoisotopic (exact) mass is 388 g/mol. The van der Waals surface area contributed by atoms with Gasteiger partial charge in [0.15, 0.2) is 8.32 Å². The van der Waals surface area contributed by atoms with Crippen LogP contribution in [0.3, 0.4) is 0 Å². The van der Waals surface area contributed by atoms with Crippen LogP contribution in [0.4, 0.5) is 0 Å². The minimum atomic E-state index is -1.90. The molecule has 0 amide bonds. The third-order valence-electron chi connectivity index (χ3n) is 5.27. The summed E-state index contributed by atoms with van der Waals surface area (Å²) in [6, 6.07) is 10.0. The number of nitrogens with zero attached hydrogens (tertiary/aromatic N) is 2. The first-order chi connectivity index (χ1) is 12.6. The van der Waals surface area contributed by atoms with Crippen LogP contribution in [0.25, 0.3) is 10.9 Å². The highest BCUT2D eigenvalue weighted by Crippen LogP contribution is 2.37. The van der Waals surface area contributed by atoms with Gasteiger partial charge in [0.2, 0.25) is 6.41 Å². The van der Waals surface area contributed by atoms with E-state index in [-0.39, 0.29) is 5.04 Å². The van der Waals surface area contributed by atoms with Crippen LogP contribution < -0.4 is 0 Å². The Bertz CT molecular complexity index is 809. The van der Waals surface area contributed by atoms with Gasteiger partial charge in [0, 0.05) is 24.3 Å². The number of rotatable bonds is 8. The Morgan fingerprint density at radius 2 is 1.74 bits per heavy atom. The van der Waals surface area contributed by atoms with Crippen molar-refractivity contribution in [3.63, 3.8) is 0 Å². The molecule has 5 nitrogen and oxygen atoms in total. The lowest BCUT2D eigenvalue weighted by Crippen LogP contribution is -2.40. The second-order valence-corrected chi connectivity index (χ2v) is 13.0. The predicted octanol–water partition coefficient (Wildman–Crippen LogP) is 5.56. The van der Waals surface area contributed by atoms with Crippen molar-refractivity contribution in [2.75, 3.05) is 13.2 Å². The first-order valence-corrected chi connectivity index (χ1v) is 12.5. The van der Waals surface area contributed by atoms with E-state index in [0.29, 0.717) is 25.4 Å². The fraction of sp³-hybridized carbons (Fsp3) is 0.571. The third kappa shape index (κ3) is 4.80. The molecule has 0 N–H and O–H groups in total. The van der Waals surface area contributed by atoms with Crippen molar-refractivity contribution >= 4 is 19.2 Å². The van der Waals surface area contributed by atoms with E-state index in [0.717, 1.165) is 16.6 Å². The number of nitriles is 1. The first-order valence-electron chi connectivity index (χ1n) is 9.55. The SMILES string of the molecule is CCOC(OCC)n1c(CO[Si](C)(C)C(C)(C)C)cc2ccc(C#N)cc21. The highest BCUT2D eigenvalue weighted by Gasteiger charge is 2.37. The molecule has 0 spiro atoms. The number of aromatic nitrogens is 1. The fourth-order valence-electron chi connectivity index (χ4n) is 2.66. The fourth-order valence-corrected chi connectivity index (χ4v) is 3.60. The summed E-state index contributed by atoms with van der Waals surface area (Å²) in [5.74, 6) is 0. The first kappa shape index (κ1) is 21.6. The number of fused-ring (bicyclic) bond motifs is 1. The lowest BCUT2D eigenvalue weighted by Gasteiger charge is -2.36. The average molecular weight is 389 g/mol. The molecule has 2 rings (SSSR count). The maximum Gasteiger partial charge on any atom is 0.244 e. The van der Waals surface area contributed by atoms with Gasteiger partial charge in [0.05, 0.1) is 23.8 Å². The van der Waals surface area contributed by atoms with Crippen LogP contribution in [0.1, 0.15) is 52.3 Å². The molecule has 6 heteroatoms. The van der Waals surface area contributed by atoms with Crippen LogP contribution in [0.15, 0.2) is 24.3 Å². The summed E-state index contributed by atoms with van der Waals surface area (Å²) in [6.45, 7) is 16.6. The Balaban J connectivity index is 2.51. The Labute approximate surface area is 164 Å². The summed E-state index contributed by atoms with van der Waals surface area (Å²) in [7, 11) is -1.90. The summed E-state index contributed by atoms with van der Waals surface area (Å²) in [6.07, 6.45) is -0.538. The smallest absolute Gasteiger partial charge is 0.244 e. The highest BCUT2D eigenvalue weighted by molar-refractivity contribution is 6.74. The second-order valence-electron chi connectivity index (χ2n) is 8.16. The number of hydrogen-bond donors (Lipinski definition) is 0. The summed E-state index contributed by atoms with van der Waals surface area (Å²) in [5, 5.41) is 10.5. The molecule has 0 saturated heterocycles. The van der Waals surface area contributed by atoms with Crippen LogP contribution in [0.5, 0.6) is 0 Å². The zero-order chi connectivity index (χ0) is 20.2. The normalized spacial score (nSPS) is 12.7. The molecule has 0 saturated carbocycles. The van der Waals surface area contributed by atoms with E-state index >= 15 is 0 Å². The minimum Gasteiger partial charge on any atom is -0.411 e. The van der Waals surface area contributed by atoms with Crippen molar-refractivity contribution < 1.29 is 13.9 Å². The maximum atomic E-state index is 9.30. The summed E-state index contributed by atoms with van der Waals surface area (Å²) >= 11 is 0. The van der Waals surface area contributed by atoms with Gasteiger partial charge in [-0.2, -0.15) is 5.26 Å². The zero-order valence-electron chi connectivity index (χ0n) is 17.6. The molecule has 0 aliphatic rings. The zero-order valence-corrected chi connectivity index (χ0v) is 18.6. The molecular formula is C21H32N2O3Si. The molecule has 1 heterocycles. The van der Waals surface area contributed by atoms with Gasteiger partial charge in [0.1, 0.15) is 0 Å². The van der Waals surface area contributed by atoms with Gasteiger partial charge >= 0.3 is 0 Å². The average Bonchev–Trinajstić information content (AvgIpc) is 2.96. The van der Waals surface area contributed by atoms with E-state index < -0.39 is 14.7 Å². The van der Waals surface area contributed by atoms with Crippen molar-refractivity contribution in [2.45, 2.75) is 65.8 Å². The third-order valence-corrected chi connectivity index (χ3v) is 9.75. The predicted molar refractivity (Wildman–Crippen MR) is 111 cm³/mol. The Morgan fingerprint density at radius 1 is 1.11 bits per heavy atom. The molecule has 0 atom stereocenters. The topological polar surface area (TPSA) is 56.4 Å². The quantitative estimate of drug-likeness (QED) is 0.438. The molecule has 148 valence electrons. The van der Waals surface area contributed by atoms with E-state index in [9.17, 15) is 5.26 Å². The molecular weight excluding hydrogens is 356 g/mol. The van der Waals surface area contributed by atoms with Gasteiger partial charge in [0.25, 0.3) is 0 Å². The van der Waals surface area contributed by atoms with E-state index in [1.165, 1.54) is 0 Å². The van der Waals surface area contributed by atoms with Crippen LogP contribution >= 0.6 is 0 Å². The van der Waals surface area contributed by atoms with Crippen LogP contribution in [0, 0.1) is 11.3 Å². The van der Waals surface area contributed by atoms with Crippen LogP contribution in [0.2, 0.25) is 18.1 Å². The Hall–Kier alpha value is -1.65. The van der Waals surface area contributed by atoms with E-state index in [2.05, 4.69) is 46.0 Å².